The van der Waals surface area contributed by atoms with Gasteiger partial charge in [0.05, 0.1) is 5.60 Å². The fourth-order valence-electron chi connectivity index (χ4n) is 2.01. The van der Waals surface area contributed by atoms with E-state index in [4.69, 9.17) is 5.11 Å². The SMILES string of the molecule is CC(C)(O)C1CCC/C1=C\C(=O)O. The average Bonchev–Trinajstić information content (AvgIpc) is 2.31. The Kier molecular flexibility index (Phi) is 2.76. The highest BCUT2D eigenvalue weighted by Crippen LogP contribution is 2.38. The molecule has 1 fully saturated rings. The monoisotopic (exact) mass is 184 g/mol. The van der Waals surface area contributed by atoms with Crippen LogP contribution in [-0.4, -0.2) is 21.8 Å². The van der Waals surface area contributed by atoms with E-state index in [1.807, 2.05) is 0 Å². The summed E-state index contributed by atoms with van der Waals surface area (Å²) in [6, 6.07) is 0. The van der Waals surface area contributed by atoms with Crippen LogP contribution < -0.4 is 0 Å². The van der Waals surface area contributed by atoms with Gasteiger partial charge in [0.25, 0.3) is 0 Å². The molecule has 1 rings (SSSR count). The Morgan fingerprint density at radius 1 is 1.62 bits per heavy atom. The molecule has 0 saturated heterocycles. The largest absolute Gasteiger partial charge is 0.478 e. The number of hydrogen-bond donors (Lipinski definition) is 2. The van der Waals surface area contributed by atoms with Gasteiger partial charge in [-0.25, -0.2) is 4.79 Å². The summed E-state index contributed by atoms with van der Waals surface area (Å²) in [7, 11) is 0. The Morgan fingerprint density at radius 3 is 2.69 bits per heavy atom. The first-order valence-electron chi connectivity index (χ1n) is 4.57. The van der Waals surface area contributed by atoms with Crippen molar-refractivity contribution in [3.8, 4) is 0 Å². The molecule has 0 aliphatic heterocycles. The molecule has 0 aromatic heterocycles. The summed E-state index contributed by atoms with van der Waals surface area (Å²) in [5.41, 5.74) is 0.0811. The predicted molar refractivity (Wildman–Crippen MR) is 49.4 cm³/mol. The number of hydrogen-bond acceptors (Lipinski definition) is 2. The molecule has 0 radical (unpaired) electrons. The van der Waals surface area contributed by atoms with Gasteiger partial charge in [0.15, 0.2) is 0 Å². The summed E-state index contributed by atoms with van der Waals surface area (Å²) in [4.78, 5) is 10.5. The van der Waals surface area contributed by atoms with Gasteiger partial charge in [0.2, 0.25) is 0 Å². The molecule has 0 aromatic carbocycles. The smallest absolute Gasteiger partial charge is 0.328 e. The first-order chi connectivity index (χ1) is 5.91. The van der Waals surface area contributed by atoms with E-state index >= 15 is 0 Å². The minimum Gasteiger partial charge on any atom is -0.478 e. The number of carbonyl (C=O) groups is 1. The van der Waals surface area contributed by atoms with Crippen molar-refractivity contribution >= 4 is 5.97 Å². The second-order valence-electron chi connectivity index (χ2n) is 4.16. The van der Waals surface area contributed by atoms with Crippen molar-refractivity contribution in [2.45, 2.75) is 38.7 Å². The van der Waals surface area contributed by atoms with Crippen LogP contribution in [0.4, 0.5) is 0 Å². The van der Waals surface area contributed by atoms with Crippen molar-refractivity contribution < 1.29 is 15.0 Å². The number of rotatable bonds is 2. The van der Waals surface area contributed by atoms with Crippen molar-refractivity contribution in [2.24, 2.45) is 5.92 Å². The van der Waals surface area contributed by atoms with Crippen LogP contribution in [0.25, 0.3) is 0 Å². The van der Waals surface area contributed by atoms with E-state index in [1.165, 1.54) is 6.08 Å². The molecule has 0 amide bonds. The third-order valence-corrected chi connectivity index (χ3v) is 2.57. The lowest BCUT2D eigenvalue weighted by Gasteiger charge is -2.26. The molecule has 13 heavy (non-hydrogen) atoms. The second kappa shape index (κ2) is 3.50. The zero-order valence-corrected chi connectivity index (χ0v) is 8.08. The average molecular weight is 184 g/mol. The van der Waals surface area contributed by atoms with E-state index in [-0.39, 0.29) is 5.92 Å². The molecule has 3 nitrogen and oxygen atoms in total. The van der Waals surface area contributed by atoms with Crippen LogP contribution in [0.15, 0.2) is 11.6 Å². The molecular weight excluding hydrogens is 168 g/mol. The van der Waals surface area contributed by atoms with Gasteiger partial charge in [-0.15, -0.1) is 0 Å². The molecule has 74 valence electrons. The minimum atomic E-state index is -0.911. The van der Waals surface area contributed by atoms with Crippen LogP contribution >= 0.6 is 0 Å². The summed E-state index contributed by atoms with van der Waals surface area (Å²) in [5.74, 6) is -0.894. The van der Waals surface area contributed by atoms with Gasteiger partial charge in [-0.05, 0) is 33.1 Å². The van der Waals surface area contributed by atoms with Crippen molar-refractivity contribution in [3.63, 3.8) is 0 Å². The van der Waals surface area contributed by atoms with Crippen LogP contribution in [0.2, 0.25) is 0 Å². The topological polar surface area (TPSA) is 57.5 Å². The molecule has 1 atom stereocenters. The molecule has 2 N–H and O–H groups in total. The van der Waals surface area contributed by atoms with E-state index in [2.05, 4.69) is 0 Å². The molecule has 3 heteroatoms. The predicted octanol–water partition coefficient (Wildman–Crippen LogP) is 1.57. The van der Waals surface area contributed by atoms with Crippen molar-refractivity contribution in [2.75, 3.05) is 0 Å². The van der Waals surface area contributed by atoms with Gasteiger partial charge in [-0.2, -0.15) is 0 Å². The van der Waals surface area contributed by atoms with Gasteiger partial charge < -0.3 is 10.2 Å². The fraction of sp³-hybridized carbons (Fsp3) is 0.700. The molecule has 1 saturated carbocycles. The van der Waals surface area contributed by atoms with Gasteiger partial charge in [0.1, 0.15) is 0 Å². The molecule has 0 spiro atoms. The Labute approximate surface area is 78.1 Å². The second-order valence-corrected chi connectivity index (χ2v) is 4.16. The van der Waals surface area contributed by atoms with Crippen molar-refractivity contribution in [1.29, 1.82) is 0 Å². The maximum Gasteiger partial charge on any atom is 0.328 e. The highest BCUT2D eigenvalue weighted by molar-refractivity contribution is 5.80. The lowest BCUT2D eigenvalue weighted by molar-refractivity contribution is -0.131. The zero-order chi connectivity index (χ0) is 10.1. The van der Waals surface area contributed by atoms with Crippen LogP contribution in [0.1, 0.15) is 33.1 Å². The Hall–Kier alpha value is -0.830. The first-order valence-corrected chi connectivity index (χ1v) is 4.57. The fourth-order valence-corrected chi connectivity index (χ4v) is 2.01. The van der Waals surface area contributed by atoms with Gasteiger partial charge in [-0.3, -0.25) is 0 Å². The van der Waals surface area contributed by atoms with Gasteiger partial charge >= 0.3 is 5.97 Å². The summed E-state index contributed by atoms with van der Waals surface area (Å²) in [5, 5.41) is 18.4. The summed E-state index contributed by atoms with van der Waals surface area (Å²) < 4.78 is 0. The lowest BCUT2D eigenvalue weighted by Crippen LogP contribution is -2.29. The summed E-state index contributed by atoms with van der Waals surface area (Å²) in [6.45, 7) is 3.47. The van der Waals surface area contributed by atoms with Gasteiger partial charge in [0, 0.05) is 12.0 Å². The first kappa shape index (κ1) is 10.3. The van der Waals surface area contributed by atoms with Crippen LogP contribution in [0.5, 0.6) is 0 Å². The van der Waals surface area contributed by atoms with E-state index in [0.717, 1.165) is 24.8 Å². The zero-order valence-electron chi connectivity index (χ0n) is 8.08. The highest BCUT2D eigenvalue weighted by atomic mass is 16.4. The van der Waals surface area contributed by atoms with Crippen LogP contribution in [-0.2, 0) is 4.79 Å². The summed E-state index contributed by atoms with van der Waals surface area (Å²) in [6.07, 6.45) is 3.92. The molecule has 0 heterocycles. The van der Waals surface area contributed by atoms with Crippen molar-refractivity contribution in [3.05, 3.63) is 11.6 Å². The maximum atomic E-state index is 10.5. The van der Waals surface area contributed by atoms with Gasteiger partial charge in [-0.1, -0.05) is 5.57 Å². The van der Waals surface area contributed by atoms with Crippen molar-refractivity contribution in [1.82, 2.24) is 0 Å². The Balaban J connectivity index is 2.81. The number of aliphatic carboxylic acids is 1. The number of carboxylic acid groups (broad SMARTS) is 1. The lowest BCUT2D eigenvalue weighted by atomic mass is 9.86. The molecule has 0 aromatic rings. The molecule has 0 bridgehead atoms. The van der Waals surface area contributed by atoms with E-state index in [9.17, 15) is 9.90 Å². The third kappa shape index (κ3) is 2.56. The van der Waals surface area contributed by atoms with E-state index in [1.54, 1.807) is 13.8 Å². The maximum absolute atomic E-state index is 10.5. The van der Waals surface area contributed by atoms with E-state index < -0.39 is 11.6 Å². The van der Waals surface area contributed by atoms with E-state index in [0.29, 0.717) is 0 Å². The normalized spacial score (nSPS) is 26.7. The quantitative estimate of drug-likeness (QED) is 0.640. The third-order valence-electron chi connectivity index (χ3n) is 2.57. The van der Waals surface area contributed by atoms with Crippen LogP contribution in [0, 0.1) is 5.92 Å². The molecule has 1 aliphatic carbocycles. The Morgan fingerprint density at radius 2 is 2.23 bits per heavy atom. The molecule has 1 unspecified atom stereocenters. The van der Waals surface area contributed by atoms with Crippen LogP contribution in [0.3, 0.4) is 0 Å². The number of aliphatic hydroxyl groups is 1. The highest BCUT2D eigenvalue weighted by Gasteiger charge is 2.33. The summed E-state index contributed by atoms with van der Waals surface area (Å²) >= 11 is 0. The Bertz CT molecular complexity index is 235. The molecular formula is C10H16O3. The minimum absolute atomic E-state index is 0.0172. The molecule has 1 aliphatic rings. The standard InChI is InChI=1S/C10H16O3/c1-10(2,13)8-5-3-4-7(8)6-9(11)12/h6,8,13H,3-5H2,1-2H3,(H,11,12)/b7-6+. The number of carboxylic acids is 1.